The Balaban J connectivity index is 1.99. The van der Waals surface area contributed by atoms with E-state index < -0.39 is 0 Å². The van der Waals surface area contributed by atoms with Gasteiger partial charge in [0.25, 0.3) is 0 Å². The minimum absolute atomic E-state index is 0.570. The zero-order valence-corrected chi connectivity index (χ0v) is 9.87. The molecule has 82 valence electrons. The van der Waals surface area contributed by atoms with E-state index in [1.165, 1.54) is 5.56 Å². The molecule has 0 bridgehead atoms. The molecule has 0 heterocycles. The molecule has 1 nitrogen and oxygen atoms in total. The lowest BCUT2D eigenvalue weighted by Crippen LogP contribution is -1.94. The maximum atomic E-state index is 5.87. The van der Waals surface area contributed by atoms with Crippen LogP contribution in [0, 0.1) is 6.92 Å². The molecule has 0 aliphatic heterocycles. The molecule has 0 fully saturated rings. The van der Waals surface area contributed by atoms with Gasteiger partial charge in [0.15, 0.2) is 0 Å². The quantitative estimate of drug-likeness (QED) is 0.770. The first-order valence-corrected chi connectivity index (χ1v) is 5.56. The van der Waals surface area contributed by atoms with Crippen LogP contribution in [0.4, 0.5) is 0 Å². The van der Waals surface area contributed by atoms with Crippen LogP contribution in [0.25, 0.3) is 0 Å². The number of rotatable bonds is 3. The van der Waals surface area contributed by atoms with Crippen LogP contribution in [-0.2, 0) is 6.61 Å². The summed E-state index contributed by atoms with van der Waals surface area (Å²) < 4.78 is 5.63. The summed E-state index contributed by atoms with van der Waals surface area (Å²) >= 11 is 5.87. The molecule has 0 amide bonds. The molecule has 0 aliphatic carbocycles. The Bertz CT molecular complexity index is 462. The van der Waals surface area contributed by atoms with Gasteiger partial charge in [-0.25, -0.2) is 0 Å². The number of benzene rings is 2. The topological polar surface area (TPSA) is 9.23 Å². The van der Waals surface area contributed by atoms with E-state index in [1.54, 1.807) is 0 Å². The molecular weight excluding hydrogens is 220 g/mol. The molecule has 0 aliphatic rings. The van der Waals surface area contributed by atoms with E-state index in [2.05, 4.69) is 31.2 Å². The van der Waals surface area contributed by atoms with Gasteiger partial charge in [0, 0.05) is 5.02 Å². The van der Waals surface area contributed by atoms with Gasteiger partial charge in [-0.15, -0.1) is 0 Å². The SMILES string of the molecule is Cc1ccc(COc2cccc(Cl)c2)cc1. The molecule has 0 saturated heterocycles. The number of hydrogen-bond acceptors (Lipinski definition) is 1. The van der Waals surface area contributed by atoms with E-state index in [-0.39, 0.29) is 0 Å². The smallest absolute Gasteiger partial charge is 0.121 e. The molecule has 2 heteroatoms. The van der Waals surface area contributed by atoms with E-state index in [1.807, 2.05) is 24.3 Å². The van der Waals surface area contributed by atoms with E-state index in [9.17, 15) is 0 Å². The van der Waals surface area contributed by atoms with Crippen LogP contribution < -0.4 is 4.74 Å². The Labute approximate surface area is 101 Å². The van der Waals surface area contributed by atoms with Gasteiger partial charge in [0.1, 0.15) is 12.4 Å². The Morgan fingerprint density at radius 2 is 1.81 bits per heavy atom. The van der Waals surface area contributed by atoms with Gasteiger partial charge in [-0.2, -0.15) is 0 Å². The number of hydrogen-bond donors (Lipinski definition) is 0. The predicted molar refractivity (Wildman–Crippen MR) is 67.0 cm³/mol. The number of aryl methyl sites for hydroxylation is 1. The zero-order valence-electron chi connectivity index (χ0n) is 9.11. The highest BCUT2D eigenvalue weighted by Crippen LogP contribution is 2.18. The van der Waals surface area contributed by atoms with Gasteiger partial charge >= 0.3 is 0 Å². The highest BCUT2D eigenvalue weighted by molar-refractivity contribution is 6.30. The van der Waals surface area contributed by atoms with Crippen LogP contribution in [0.3, 0.4) is 0 Å². The van der Waals surface area contributed by atoms with Gasteiger partial charge in [-0.05, 0) is 30.7 Å². The minimum Gasteiger partial charge on any atom is -0.489 e. The van der Waals surface area contributed by atoms with Crippen LogP contribution in [0.2, 0.25) is 5.02 Å². The third kappa shape index (κ3) is 3.01. The summed E-state index contributed by atoms with van der Waals surface area (Å²) in [5.41, 5.74) is 2.41. The van der Waals surface area contributed by atoms with Crippen molar-refractivity contribution >= 4 is 11.6 Å². The van der Waals surface area contributed by atoms with Crippen molar-refractivity contribution in [3.63, 3.8) is 0 Å². The monoisotopic (exact) mass is 232 g/mol. The molecule has 0 unspecified atom stereocenters. The maximum absolute atomic E-state index is 5.87. The molecule has 0 atom stereocenters. The summed E-state index contributed by atoms with van der Waals surface area (Å²) in [6.45, 7) is 2.64. The second kappa shape index (κ2) is 5.04. The van der Waals surface area contributed by atoms with E-state index >= 15 is 0 Å². The van der Waals surface area contributed by atoms with E-state index in [0.717, 1.165) is 11.3 Å². The Kier molecular flexibility index (Phi) is 3.47. The maximum Gasteiger partial charge on any atom is 0.121 e. The Morgan fingerprint density at radius 3 is 2.50 bits per heavy atom. The minimum atomic E-state index is 0.570. The third-order valence-corrected chi connectivity index (χ3v) is 2.56. The van der Waals surface area contributed by atoms with Crippen molar-refractivity contribution in [3.05, 3.63) is 64.7 Å². The first-order valence-electron chi connectivity index (χ1n) is 5.18. The molecular formula is C14H13ClO. The molecule has 0 radical (unpaired) electrons. The summed E-state index contributed by atoms with van der Waals surface area (Å²) in [4.78, 5) is 0. The van der Waals surface area contributed by atoms with Crippen molar-refractivity contribution in [2.24, 2.45) is 0 Å². The van der Waals surface area contributed by atoms with Crippen molar-refractivity contribution in [2.45, 2.75) is 13.5 Å². The summed E-state index contributed by atoms with van der Waals surface area (Å²) in [7, 11) is 0. The molecule has 0 aromatic heterocycles. The second-order valence-electron chi connectivity index (χ2n) is 3.73. The Hall–Kier alpha value is -1.47. The summed E-state index contributed by atoms with van der Waals surface area (Å²) in [5, 5.41) is 0.696. The second-order valence-corrected chi connectivity index (χ2v) is 4.17. The lowest BCUT2D eigenvalue weighted by atomic mass is 10.2. The molecule has 0 spiro atoms. The van der Waals surface area contributed by atoms with Crippen molar-refractivity contribution in [3.8, 4) is 5.75 Å². The summed E-state index contributed by atoms with van der Waals surface area (Å²) in [5.74, 6) is 0.799. The predicted octanol–water partition coefficient (Wildman–Crippen LogP) is 4.23. The average molecular weight is 233 g/mol. The van der Waals surface area contributed by atoms with E-state index in [4.69, 9.17) is 16.3 Å². The van der Waals surface area contributed by atoms with Crippen LogP contribution in [0.1, 0.15) is 11.1 Å². The molecule has 0 saturated carbocycles. The molecule has 2 aromatic carbocycles. The zero-order chi connectivity index (χ0) is 11.4. The van der Waals surface area contributed by atoms with Crippen molar-refractivity contribution in [2.75, 3.05) is 0 Å². The van der Waals surface area contributed by atoms with Crippen molar-refractivity contribution in [1.29, 1.82) is 0 Å². The lowest BCUT2D eigenvalue weighted by Gasteiger charge is -2.06. The van der Waals surface area contributed by atoms with Gasteiger partial charge < -0.3 is 4.74 Å². The van der Waals surface area contributed by atoms with Gasteiger partial charge in [-0.3, -0.25) is 0 Å². The highest BCUT2D eigenvalue weighted by Gasteiger charge is 1.96. The lowest BCUT2D eigenvalue weighted by molar-refractivity contribution is 0.306. The molecule has 16 heavy (non-hydrogen) atoms. The fourth-order valence-electron chi connectivity index (χ4n) is 1.41. The van der Waals surface area contributed by atoms with Crippen LogP contribution in [0.15, 0.2) is 48.5 Å². The normalized spacial score (nSPS) is 10.1. The largest absolute Gasteiger partial charge is 0.489 e. The summed E-state index contributed by atoms with van der Waals surface area (Å²) in [6, 6.07) is 15.7. The van der Waals surface area contributed by atoms with Crippen molar-refractivity contribution in [1.82, 2.24) is 0 Å². The van der Waals surface area contributed by atoms with Gasteiger partial charge in [0.2, 0.25) is 0 Å². The third-order valence-electron chi connectivity index (χ3n) is 2.32. The average Bonchev–Trinajstić information content (AvgIpc) is 2.28. The summed E-state index contributed by atoms with van der Waals surface area (Å²) in [6.07, 6.45) is 0. The number of ether oxygens (including phenoxy) is 1. The molecule has 0 N–H and O–H groups in total. The molecule has 2 rings (SSSR count). The fourth-order valence-corrected chi connectivity index (χ4v) is 1.59. The van der Waals surface area contributed by atoms with Crippen LogP contribution in [-0.4, -0.2) is 0 Å². The van der Waals surface area contributed by atoms with Gasteiger partial charge in [-0.1, -0.05) is 47.5 Å². The Morgan fingerprint density at radius 1 is 1.06 bits per heavy atom. The van der Waals surface area contributed by atoms with Crippen molar-refractivity contribution < 1.29 is 4.74 Å². The van der Waals surface area contributed by atoms with E-state index in [0.29, 0.717) is 11.6 Å². The first-order chi connectivity index (χ1) is 7.74. The van der Waals surface area contributed by atoms with Crippen LogP contribution in [0.5, 0.6) is 5.75 Å². The first kappa shape index (κ1) is 11.0. The number of halogens is 1. The van der Waals surface area contributed by atoms with Crippen LogP contribution >= 0.6 is 11.6 Å². The molecule has 2 aromatic rings. The fraction of sp³-hybridized carbons (Fsp3) is 0.143. The highest BCUT2D eigenvalue weighted by atomic mass is 35.5. The van der Waals surface area contributed by atoms with Gasteiger partial charge in [0.05, 0.1) is 0 Å². The standard InChI is InChI=1S/C14H13ClO/c1-11-5-7-12(8-6-11)10-16-14-4-2-3-13(15)9-14/h2-9H,10H2,1H3.